The third-order valence-electron chi connectivity index (χ3n) is 2.47. The van der Waals surface area contributed by atoms with Crippen LogP contribution in [0.15, 0.2) is 42.7 Å². The number of rotatable bonds is 2. The Morgan fingerprint density at radius 1 is 1.20 bits per heavy atom. The fourth-order valence-corrected chi connectivity index (χ4v) is 1.63. The summed E-state index contributed by atoms with van der Waals surface area (Å²) in [6, 6.07) is 10.3. The molecule has 0 fully saturated rings. The molecule has 1 aromatic carbocycles. The largest absolute Gasteiger partial charge is 0.397 e. The Bertz CT molecular complexity index is 464. The van der Waals surface area contributed by atoms with Crippen molar-refractivity contribution in [1.29, 1.82) is 0 Å². The Morgan fingerprint density at radius 3 is 2.73 bits per heavy atom. The predicted molar refractivity (Wildman–Crippen MR) is 62.6 cm³/mol. The lowest BCUT2D eigenvalue weighted by Crippen LogP contribution is -1.94. The van der Waals surface area contributed by atoms with E-state index in [2.05, 4.69) is 36.2 Å². The van der Waals surface area contributed by atoms with Gasteiger partial charge in [0.1, 0.15) is 0 Å². The van der Waals surface area contributed by atoms with E-state index in [0.717, 1.165) is 17.7 Å². The van der Waals surface area contributed by atoms with Crippen LogP contribution < -0.4 is 5.73 Å². The van der Waals surface area contributed by atoms with E-state index in [4.69, 9.17) is 5.73 Å². The zero-order valence-electron chi connectivity index (χ0n) is 8.77. The number of hydrogen-bond donors (Lipinski definition) is 1. The van der Waals surface area contributed by atoms with Crippen LogP contribution in [0.1, 0.15) is 16.7 Å². The van der Waals surface area contributed by atoms with Crippen molar-refractivity contribution in [3.63, 3.8) is 0 Å². The average molecular weight is 198 g/mol. The number of benzene rings is 1. The van der Waals surface area contributed by atoms with E-state index in [0.29, 0.717) is 0 Å². The average Bonchev–Trinajstić information content (AvgIpc) is 2.22. The highest BCUT2D eigenvalue weighted by Crippen LogP contribution is 2.14. The summed E-state index contributed by atoms with van der Waals surface area (Å²) >= 11 is 0. The number of nitrogen functional groups attached to an aromatic ring is 1. The van der Waals surface area contributed by atoms with Gasteiger partial charge in [0.15, 0.2) is 0 Å². The van der Waals surface area contributed by atoms with Crippen LogP contribution in [0.5, 0.6) is 0 Å². The number of aromatic nitrogens is 1. The van der Waals surface area contributed by atoms with Gasteiger partial charge in [0.25, 0.3) is 0 Å². The Morgan fingerprint density at radius 2 is 2.00 bits per heavy atom. The van der Waals surface area contributed by atoms with Crippen LogP contribution >= 0.6 is 0 Å². The second kappa shape index (κ2) is 4.13. The second-order valence-electron chi connectivity index (χ2n) is 3.73. The summed E-state index contributed by atoms with van der Waals surface area (Å²) in [7, 11) is 0. The molecule has 2 heteroatoms. The molecule has 15 heavy (non-hydrogen) atoms. The number of hydrogen-bond acceptors (Lipinski definition) is 2. The van der Waals surface area contributed by atoms with Crippen molar-refractivity contribution < 1.29 is 0 Å². The molecule has 0 amide bonds. The normalized spacial score (nSPS) is 10.2. The van der Waals surface area contributed by atoms with Gasteiger partial charge in [-0.1, -0.05) is 24.3 Å². The highest BCUT2D eigenvalue weighted by atomic mass is 14.7. The van der Waals surface area contributed by atoms with Crippen LogP contribution in [0.4, 0.5) is 5.69 Å². The molecular formula is C13H14N2. The highest BCUT2D eigenvalue weighted by molar-refractivity contribution is 5.40. The molecule has 2 aromatic rings. The first-order valence-electron chi connectivity index (χ1n) is 4.99. The lowest BCUT2D eigenvalue weighted by Gasteiger charge is -2.05. The lowest BCUT2D eigenvalue weighted by molar-refractivity contribution is 1.12. The van der Waals surface area contributed by atoms with Gasteiger partial charge in [-0.05, 0) is 36.1 Å². The second-order valence-corrected chi connectivity index (χ2v) is 3.73. The Hall–Kier alpha value is -1.83. The van der Waals surface area contributed by atoms with E-state index in [1.165, 1.54) is 11.1 Å². The molecule has 0 saturated heterocycles. The molecule has 0 atom stereocenters. The van der Waals surface area contributed by atoms with Crippen molar-refractivity contribution in [1.82, 2.24) is 4.98 Å². The van der Waals surface area contributed by atoms with Crippen molar-refractivity contribution in [2.45, 2.75) is 13.3 Å². The molecule has 0 saturated carbocycles. The summed E-state index contributed by atoms with van der Waals surface area (Å²) in [5.74, 6) is 0. The number of nitrogens with two attached hydrogens (primary N) is 1. The summed E-state index contributed by atoms with van der Waals surface area (Å²) in [5, 5.41) is 0. The van der Waals surface area contributed by atoms with Crippen molar-refractivity contribution in [2.75, 3.05) is 5.73 Å². The van der Waals surface area contributed by atoms with E-state index >= 15 is 0 Å². The fourth-order valence-electron chi connectivity index (χ4n) is 1.63. The molecule has 0 aliphatic carbocycles. The molecule has 0 unspecified atom stereocenters. The molecule has 0 bridgehead atoms. The van der Waals surface area contributed by atoms with Crippen LogP contribution in [0, 0.1) is 6.92 Å². The van der Waals surface area contributed by atoms with Crippen molar-refractivity contribution in [3.8, 4) is 0 Å². The third kappa shape index (κ3) is 2.34. The predicted octanol–water partition coefficient (Wildman–Crippen LogP) is 2.56. The molecule has 1 heterocycles. The molecule has 0 radical (unpaired) electrons. The van der Waals surface area contributed by atoms with Crippen LogP contribution in [-0.4, -0.2) is 4.98 Å². The van der Waals surface area contributed by atoms with Crippen molar-refractivity contribution in [3.05, 3.63) is 59.4 Å². The summed E-state index contributed by atoms with van der Waals surface area (Å²) in [6.07, 6.45) is 4.43. The van der Waals surface area contributed by atoms with Gasteiger partial charge in [0.05, 0.1) is 5.69 Å². The van der Waals surface area contributed by atoms with Crippen LogP contribution in [0.3, 0.4) is 0 Å². The van der Waals surface area contributed by atoms with Crippen LogP contribution in [0.2, 0.25) is 0 Å². The molecular weight excluding hydrogens is 184 g/mol. The van der Waals surface area contributed by atoms with E-state index in [9.17, 15) is 0 Å². The summed E-state index contributed by atoms with van der Waals surface area (Å²) in [6.45, 7) is 2.12. The molecule has 2 nitrogen and oxygen atoms in total. The van der Waals surface area contributed by atoms with Crippen LogP contribution in [-0.2, 0) is 6.42 Å². The van der Waals surface area contributed by atoms with Crippen LogP contribution in [0.25, 0.3) is 0 Å². The first kappa shape index (κ1) is 9.71. The Kier molecular flexibility index (Phi) is 2.68. The summed E-state index contributed by atoms with van der Waals surface area (Å²) in [4.78, 5) is 4.09. The quantitative estimate of drug-likeness (QED) is 0.805. The molecule has 0 aliphatic rings. The number of aryl methyl sites for hydroxylation is 1. The van der Waals surface area contributed by atoms with Gasteiger partial charge in [0.2, 0.25) is 0 Å². The van der Waals surface area contributed by atoms with Gasteiger partial charge in [-0.15, -0.1) is 0 Å². The van der Waals surface area contributed by atoms with E-state index in [-0.39, 0.29) is 0 Å². The maximum atomic E-state index is 5.69. The zero-order valence-corrected chi connectivity index (χ0v) is 8.77. The Labute approximate surface area is 89.8 Å². The van der Waals surface area contributed by atoms with Crippen molar-refractivity contribution >= 4 is 5.69 Å². The van der Waals surface area contributed by atoms with Gasteiger partial charge < -0.3 is 5.73 Å². The maximum absolute atomic E-state index is 5.69. The topological polar surface area (TPSA) is 38.9 Å². The molecule has 0 spiro atoms. The maximum Gasteiger partial charge on any atom is 0.0503 e. The summed E-state index contributed by atoms with van der Waals surface area (Å²) in [5.41, 5.74) is 10.2. The first-order chi connectivity index (χ1) is 7.25. The minimum atomic E-state index is 0.723. The molecule has 76 valence electrons. The zero-order chi connectivity index (χ0) is 10.7. The molecule has 1 aromatic heterocycles. The van der Waals surface area contributed by atoms with Gasteiger partial charge in [0, 0.05) is 12.4 Å². The smallest absolute Gasteiger partial charge is 0.0503 e. The molecule has 2 rings (SSSR count). The Balaban J connectivity index is 2.26. The highest BCUT2D eigenvalue weighted by Gasteiger charge is 1.99. The summed E-state index contributed by atoms with van der Waals surface area (Å²) < 4.78 is 0. The van der Waals surface area contributed by atoms with Gasteiger partial charge in [-0.25, -0.2) is 0 Å². The molecule has 2 N–H and O–H groups in total. The van der Waals surface area contributed by atoms with Gasteiger partial charge >= 0.3 is 0 Å². The number of anilines is 1. The first-order valence-corrected chi connectivity index (χ1v) is 4.99. The number of nitrogens with zero attached hydrogens (tertiary/aromatic N) is 1. The minimum Gasteiger partial charge on any atom is -0.397 e. The standard InChI is InChI=1S/C13H14N2/c1-10-4-2-3-5-12(10)6-11-7-13(14)9-15-8-11/h2-5,7-9H,6,14H2,1H3. The number of pyridine rings is 1. The monoisotopic (exact) mass is 198 g/mol. The third-order valence-corrected chi connectivity index (χ3v) is 2.47. The van der Waals surface area contributed by atoms with E-state index in [1.807, 2.05) is 12.3 Å². The molecule has 0 aliphatic heterocycles. The van der Waals surface area contributed by atoms with Gasteiger partial charge in [-0.2, -0.15) is 0 Å². The van der Waals surface area contributed by atoms with Gasteiger partial charge in [-0.3, -0.25) is 4.98 Å². The van der Waals surface area contributed by atoms with Crippen molar-refractivity contribution in [2.24, 2.45) is 0 Å². The minimum absolute atomic E-state index is 0.723. The van der Waals surface area contributed by atoms with E-state index < -0.39 is 0 Å². The lowest BCUT2D eigenvalue weighted by atomic mass is 10.0. The SMILES string of the molecule is Cc1ccccc1Cc1cncc(N)c1. The van der Waals surface area contributed by atoms with E-state index in [1.54, 1.807) is 6.20 Å². The fraction of sp³-hybridized carbons (Fsp3) is 0.154.